The number of sulfonamides is 1. The summed E-state index contributed by atoms with van der Waals surface area (Å²) in [5.74, 6) is 0.0441. The van der Waals surface area contributed by atoms with Crippen LogP contribution >= 0.6 is 11.6 Å². The minimum atomic E-state index is -3.53. The lowest BCUT2D eigenvalue weighted by Gasteiger charge is -2.35. The van der Waals surface area contributed by atoms with Crippen molar-refractivity contribution in [1.82, 2.24) is 14.1 Å². The zero-order valence-corrected chi connectivity index (χ0v) is 22.7. The van der Waals surface area contributed by atoms with E-state index in [2.05, 4.69) is 5.10 Å². The summed E-state index contributed by atoms with van der Waals surface area (Å²) in [6.07, 6.45) is 1.58. The van der Waals surface area contributed by atoms with Crippen molar-refractivity contribution < 1.29 is 13.2 Å². The van der Waals surface area contributed by atoms with Crippen LogP contribution in [-0.2, 0) is 22.4 Å². The van der Waals surface area contributed by atoms with Crippen LogP contribution in [-0.4, -0.2) is 48.7 Å². The van der Waals surface area contributed by atoms with Crippen LogP contribution < -0.4 is 20.9 Å². The maximum Gasteiger partial charge on any atom is 0.316 e. The molecule has 1 saturated heterocycles. The molecule has 3 aromatic carbocycles. The van der Waals surface area contributed by atoms with Crippen molar-refractivity contribution in [2.75, 3.05) is 36.8 Å². The fraction of sp³-hybridized carbons (Fsp3) is 0.214. The van der Waals surface area contributed by atoms with Gasteiger partial charge in [0, 0.05) is 36.9 Å². The Balaban J connectivity index is 1.38. The maximum absolute atomic E-state index is 13.6. The number of aromatic nitrogens is 2. The molecule has 2 N–H and O–H groups in total. The van der Waals surface area contributed by atoms with Crippen molar-refractivity contribution >= 4 is 33.0 Å². The number of anilines is 2. The van der Waals surface area contributed by atoms with Gasteiger partial charge in [0.25, 0.3) is 0 Å². The van der Waals surface area contributed by atoms with Crippen molar-refractivity contribution in [2.24, 2.45) is 0 Å². The van der Waals surface area contributed by atoms with Gasteiger partial charge in [0.05, 0.1) is 17.6 Å². The second-order valence-corrected chi connectivity index (χ2v) is 11.6. The Morgan fingerprint density at radius 3 is 2.31 bits per heavy atom. The van der Waals surface area contributed by atoms with E-state index in [0.29, 0.717) is 40.7 Å². The van der Waals surface area contributed by atoms with Gasteiger partial charge in [-0.1, -0.05) is 60.1 Å². The van der Waals surface area contributed by atoms with Gasteiger partial charge in [-0.05, 0) is 41.5 Å². The lowest BCUT2D eigenvalue weighted by molar-refractivity contribution is 0.297. The SMILES string of the molecule is Nc1ccc(CS(=O)(=O)N2CCN(c3cnn(-c4cccc(Cl)c4)c(=O)c3OCc3ccccc3)CC2)cc1. The summed E-state index contributed by atoms with van der Waals surface area (Å²) >= 11 is 6.15. The largest absolute Gasteiger partial charge is 0.481 e. The van der Waals surface area contributed by atoms with E-state index in [1.54, 1.807) is 54.7 Å². The molecule has 202 valence electrons. The third-order valence-electron chi connectivity index (χ3n) is 6.50. The average molecular weight is 566 g/mol. The number of piperazine rings is 1. The Morgan fingerprint density at radius 1 is 0.897 bits per heavy atom. The topological polar surface area (TPSA) is 111 Å². The Hall–Kier alpha value is -3.86. The van der Waals surface area contributed by atoms with Gasteiger partial charge in [-0.25, -0.2) is 8.42 Å². The number of nitrogen functional groups attached to an aromatic ring is 1. The van der Waals surface area contributed by atoms with Gasteiger partial charge in [-0.3, -0.25) is 4.79 Å². The lowest BCUT2D eigenvalue weighted by Crippen LogP contribution is -2.49. The minimum Gasteiger partial charge on any atom is -0.481 e. The first-order chi connectivity index (χ1) is 18.8. The van der Waals surface area contributed by atoms with Gasteiger partial charge in [-0.2, -0.15) is 14.1 Å². The van der Waals surface area contributed by atoms with Crippen LogP contribution in [0.2, 0.25) is 5.02 Å². The van der Waals surface area contributed by atoms with Gasteiger partial charge in [0.15, 0.2) is 0 Å². The predicted molar refractivity (Wildman–Crippen MR) is 153 cm³/mol. The Kier molecular flexibility index (Phi) is 7.87. The molecule has 11 heteroatoms. The number of nitrogens with zero attached hydrogens (tertiary/aromatic N) is 4. The summed E-state index contributed by atoms with van der Waals surface area (Å²) in [4.78, 5) is 15.5. The van der Waals surface area contributed by atoms with Crippen LogP contribution in [0.25, 0.3) is 5.69 Å². The Bertz CT molecular complexity index is 1600. The van der Waals surface area contributed by atoms with Crippen molar-refractivity contribution in [3.05, 3.63) is 112 Å². The first-order valence-corrected chi connectivity index (χ1v) is 14.4. The van der Waals surface area contributed by atoms with E-state index in [4.69, 9.17) is 22.1 Å². The monoisotopic (exact) mass is 565 g/mol. The molecule has 0 atom stereocenters. The maximum atomic E-state index is 13.6. The van der Waals surface area contributed by atoms with E-state index < -0.39 is 15.6 Å². The number of ether oxygens (including phenoxy) is 1. The number of hydrogen-bond donors (Lipinski definition) is 1. The summed E-state index contributed by atoms with van der Waals surface area (Å²) < 4.78 is 35.0. The molecular formula is C28H28ClN5O4S. The van der Waals surface area contributed by atoms with E-state index in [1.807, 2.05) is 35.2 Å². The van der Waals surface area contributed by atoms with Crippen LogP contribution in [0.3, 0.4) is 0 Å². The number of nitrogens with two attached hydrogens (primary N) is 1. The Labute approximate surface area is 232 Å². The molecule has 0 saturated carbocycles. The quantitative estimate of drug-likeness (QED) is 0.324. The first kappa shape index (κ1) is 26.7. The molecule has 1 fully saturated rings. The van der Waals surface area contributed by atoms with Crippen LogP contribution in [0, 0.1) is 0 Å². The van der Waals surface area contributed by atoms with Crippen LogP contribution in [0.4, 0.5) is 11.4 Å². The highest BCUT2D eigenvalue weighted by Gasteiger charge is 2.29. The highest BCUT2D eigenvalue weighted by atomic mass is 35.5. The molecule has 0 spiro atoms. The molecule has 9 nitrogen and oxygen atoms in total. The third kappa shape index (κ3) is 6.25. The molecule has 39 heavy (non-hydrogen) atoms. The minimum absolute atomic E-state index is 0.101. The molecule has 0 amide bonds. The Morgan fingerprint density at radius 2 is 1.62 bits per heavy atom. The standard InChI is InChI=1S/C28H28ClN5O4S/c29-23-7-4-8-25(17-23)34-28(35)27(38-19-21-5-2-1-3-6-21)26(18-31-34)32-13-15-33(16-14-32)39(36,37)20-22-9-11-24(30)12-10-22/h1-12,17-18H,13-16,19-20,30H2. The number of benzene rings is 3. The molecule has 1 aromatic heterocycles. The second-order valence-electron chi connectivity index (χ2n) is 9.21. The van der Waals surface area contributed by atoms with Crippen LogP contribution in [0.5, 0.6) is 5.75 Å². The van der Waals surface area contributed by atoms with E-state index in [0.717, 1.165) is 5.56 Å². The van der Waals surface area contributed by atoms with Crippen molar-refractivity contribution in [3.8, 4) is 11.4 Å². The molecule has 1 aliphatic rings. The molecule has 0 bridgehead atoms. The normalized spacial score (nSPS) is 14.3. The fourth-order valence-corrected chi connectivity index (χ4v) is 6.14. The van der Waals surface area contributed by atoms with Gasteiger partial charge >= 0.3 is 5.56 Å². The molecular weight excluding hydrogens is 538 g/mol. The average Bonchev–Trinajstić information content (AvgIpc) is 2.94. The molecule has 2 heterocycles. The number of halogens is 1. The molecule has 0 radical (unpaired) electrons. The smallest absolute Gasteiger partial charge is 0.316 e. The van der Waals surface area contributed by atoms with E-state index >= 15 is 0 Å². The number of rotatable bonds is 8. The predicted octanol–water partition coefficient (Wildman–Crippen LogP) is 3.70. The van der Waals surface area contributed by atoms with Gasteiger partial charge in [0.1, 0.15) is 12.3 Å². The summed E-state index contributed by atoms with van der Waals surface area (Å²) in [7, 11) is -3.53. The zero-order valence-electron chi connectivity index (χ0n) is 21.1. The zero-order chi connectivity index (χ0) is 27.4. The van der Waals surface area contributed by atoms with E-state index in [1.165, 1.54) is 8.99 Å². The van der Waals surface area contributed by atoms with Crippen molar-refractivity contribution in [3.63, 3.8) is 0 Å². The van der Waals surface area contributed by atoms with Crippen molar-refractivity contribution in [1.29, 1.82) is 0 Å². The summed E-state index contributed by atoms with van der Waals surface area (Å²) in [5.41, 5.74) is 8.50. The van der Waals surface area contributed by atoms with E-state index in [9.17, 15) is 13.2 Å². The molecule has 4 aromatic rings. The van der Waals surface area contributed by atoms with Crippen LogP contribution in [0.1, 0.15) is 11.1 Å². The first-order valence-electron chi connectivity index (χ1n) is 12.4. The molecule has 1 aliphatic heterocycles. The third-order valence-corrected chi connectivity index (χ3v) is 8.58. The van der Waals surface area contributed by atoms with Gasteiger partial charge in [0.2, 0.25) is 15.8 Å². The summed E-state index contributed by atoms with van der Waals surface area (Å²) in [5, 5.41) is 4.87. The van der Waals surface area contributed by atoms with Crippen molar-refractivity contribution in [2.45, 2.75) is 12.4 Å². The molecule has 0 unspecified atom stereocenters. The molecule has 0 aliphatic carbocycles. The summed E-state index contributed by atoms with van der Waals surface area (Å²) in [6, 6.07) is 23.2. The van der Waals surface area contributed by atoms with E-state index in [-0.39, 0.29) is 31.2 Å². The van der Waals surface area contributed by atoms with Crippen LogP contribution in [0.15, 0.2) is 89.9 Å². The highest BCUT2D eigenvalue weighted by molar-refractivity contribution is 7.88. The molecule has 5 rings (SSSR count). The second kappa shape index (κ2) is 11.5. The highest BCUT2D eigenvalue weighted by Crippen LogP contribution is 2.27. The summed E-state index contributed by atoms with van der Waals surface area (Å²) in [6.45, 7) is 1.49. The van der Waals surface area contributed by atoms with Gasteiger partial charge in [-0.15, -0.1) is 0 Å². The fourth-order valence-electron chi connectivity index (χ4n) is 4.43. The lowest BCUT2D eigenvalue weighted by atomic mass is 10.2. The van der Waals surface area contributed by atoms with Gasteiger partial charge < -0.3 is 15.4 Å². The number of hydrogen-bond acceptors (Lipinski definition) is 7.